The first kappa shape index (κ1) is 20.4. The molecule has 2 aromatic rings. The van der Waals surface area contributed by atoms with Gasteiger partial charge < -0.3 is 19.9 Å². The SMILES string of the molecule is CCOc1ccc(NC(=O)CN2CCN(Cc3ccccc3C)C(=O)C2=O)cc1. The number of nitrogens with zero attached hydrogens (tertiary/aromatic N) is 2. The monoisotopic (exact) mass is 395 g/mol. The molecule has 1 aliphatic rings. The van der Waals surface area contributed by atoms with E-state index >= 15 is 0 Å². The molecule has 29 heavy (non-hydrogen) atoms. The summed E-state index contributed by atoms with van der Waals surface area (Å²) in [7, 11) is 0. The van der Waals surface area contributed by atoms with Crippen LogP contribution in [0.4, 0.5) is 5.69 Å². The van der Waals surface area contributed by atoms with E-state index in [1.54, 1.807) is 24.3 Å². The molecule has 0 aromatic heterocycles. The number of anilines is 1. The predicted octanol–water partition coefficient (Wildman–Crippen LogP) is 2.20. The van der Waals surface area contributed by atoms with Crippen molar-refractivity contribution in [2.75, 3.05) is 31.6 Å². The molecular weight excluding hydrogens is 370 g/mol. The summed E-state index contributed by atoms with van der Waals surface area (Å²) in [4.78, 5) is 40.1. The molecule has 152 valence electrons. The molecule has 1 heterocycles. The Morgan fingerprint density at radius 2 is 1.66 bits per heavy atom. The Balaban J connectivity index is 1.54. The largest absolute Gasteiger partial charge is 0.494 e. The van der Waals surface area contributed by atoms with Crippen molar-refractivity contribution in [1.29, 1.82) is 0 Å². The van der Waals surface area contributed by atoms with E-state index in [0.29, 0.717) is 31.9 Å². The van der Waals surface area contributed by atoms with E-state index < -0.39 is 11.8 Å². The fourth-order valence-corrected chi connectivity index (χ4v) is 3.18. The van der Waals surface area contributed by atoms with Crippen LogP contribution in [0.2, 0.25) is 0 Å². The fourth-order valence-electron chi connectivity index (χ4n) is 3.18. The molecule has 1 N–H and O–H groups in total. The minimum absolute atomic E-state index is 0.157. The van der Waals surface area contributed by atoms with Crippen LogP contribution in [0.5, 0.6) is 5.75 Å². The van der Waals surface area contributed by atoms with Crippen molar-refractivity contribution in [2.45, 2.75) is 20.4 Å². The Labute approximate surface area is 170 Å². The first-order valence-electron chi connectivity index (χ1n) is 9.63. The van der Waals surface area contributed by atoms with Crippen molar-refractivity contribution in [3.8, 4) is 5.75 Å². The third-order valence-corrected chi connectivity index (χ3v) is 4.80. The highest BCUT2D eigenvalue weighted by molar-refractivity contribution is 6.35. The van der Waals surface area contributed by atoms with Crippen molar-refractivity contribution >= 4 is 23.4 Å². The summed E-state index contributed by atoms with van der Waals surface area (Å²) in [6.07, 6.45) is 0. The zero-order valence-electron chi connectivity index (χ0n) is 16.7. The summed E-state index contributed by atoms with van der Waals surface area (Å²) >= 11 is 0. The summed E-state index contributed by atoms with van der Waals surface area (Å²) < 4.78 is 5.37. The average Bonchev–Trinajstić information content (AvgIpc) is 2.71. The molecule has 1 aliphatic heterocycles. The molecule has 0 aliphatic carbocycles. The molecule has 1 fully saturated rings. The smallest absolute Gasteiger partial charge is 0.312 e. The number of hydrogen-bond acceptors (Lipinski definition) is 4. The first-order chi connectivity index (χ1) is 14.0. The van der Waals surface area contributed by atoms with Crippen LogP contribution in [0, 0.1) is 6.92 Å². The second-order valence-electron chi connectivity index (χ2n) is 6.89. The van der Waals surface area contributed by atoms with Gasteiger partial charge in [-0.25, -0.2) is 0 Å². The minimum Gasteiger partial charge on any atom is -0.494 e. The van der Waals surface area contributed by atoms with E-state index in [1.165, 1.54) is 9.80 Å². The Bertz CT molecular complexity index is 895. The number of benzene rings is 2. The number of carbonyl (C=O) groups is 3. The lowest BCUT2D eigenvalue weighted by atomic mass is 10.1. The van der Waals surface area contributed by atoms with Gasteiger partial charge in [0.15, 0.2) is 0 Å². The maximum atomic E-state index is 12.5. The van der Waals surface area contributed by atoms with Crippen LogP contribution < -0.4 is 10.1 Å². The number of amides is 3. The van der Waals surface area contributed by atoms with Gasteiger partial charge in [-0.05, 0) is 49.2 Å². The molecule has 2 aromatic carbocycles. The zero-order valence-corrected chi connectivity index (χ0v) is 16.7. The number of piperazine rings is 1. The number of nitrogens with one attached hydrogen (secondary N) is 1. The van der Waals surface area contributed by atoms with Gasteiger partial charge in [-0.2, -0.15) is 0 Å². The standard InChI is InChI=1S/C22H25N3O4/c1-3-29-19-10-8-18(9-11-19)23-20(26)15-25-13-12-24(21(27)22(25)28)14-17-7-5-4-6-16(17)2/h4-11H,3,12-15H2,1-2H3,(H,23,26). The topological polar surface area (TPSA) is 79.0 Å². The molecule has 1 saturated heterocycles. The highest BCUT2D eigenvalue weighted by Gasteiger charge is 2.33. The van der Waals surface area contributed by atoms with Gasteiger partial charge in [0, 0.05) is 25.3 Å². The molecule has 0 unspecified atom stereocenters. The quantitative estimate of drug-likeness (QED) is 0.729. The predicted molar refractivity (Wildman–Crippen MR) is 109 cm³/mol. The lowest BCUT2D eigenvalue weighted by molar-refractivity contribution is -0.157. The van der Waals surface area contributed by atoms with E-state index in [1.807, 2.05) is 38.1 Å². The van der Waals surface area contributed by atoms with Gasteiger partial charge in [-0.3, -0.25) is 14.4 Å². The summed E-state index contributed by atoms with van der Waals surface area (Å²) in [5.41, 5.74) is 2.69. The van der Waals surface area contributed by atoms with Crippen LogP contribution in [0.25, 0.3) is 0 Å². The maximum Gasteiger partial charge on any atom is 0.312 e. The number of rotatable bonds is 7. The van der Waals surface area contributed by atoms with Crippen LogP contribution in [-0.2, 0) is 20.9 Å². The molecule has 0 atom stereocenters. The number of aryl methyl sites for hydroxylation is 1. The van der Waals surface area contributed by atoms with Crippen LogP contribution in [0.1, 0.15) is 18.1 Å². The van der Waals surface area contributed by atoms with Gasteiger partial charge >= 0.3 is 11.8 Å². The van der Waals surface area contributed by atoms with Crippen LogP contribution in [0.3, 0.4) is 0 Å². The van der Waals surface area contributed by atoms with Crippen LogP contribution in [0.15, 0.2) is 48.5 Å². The number of ether oxygens (including phenoxy) is 1. The van der Waals surface area contributed by atoms with E-state index in [-0.39, 0.29) is 12.5 Å². The van der Waals surface area contributed by atoms with Gasteiger partial charge in [-0.15, -0.1) is 0 Å². The van der Waals surface area contributed by atoms with Gasteiger partial charge in [0.05, 0.1) is 6.61 Å². The number of hydrogen-bond donors (Lipinski definition) is 1. The van der Waals surface area contributed by atoms with Gasteiger partial charge in [0.25, 0.3) is 0 Å². The summed E-state index contributed by atoms with van der Waals surface area (Å²) in [5.74, 6) is -0.848. The maximum absolute atomic E-state index is 12.5. The Hall–Kier alpha value is -3.35. The highest BCUT2D eigenvalue weighted by Crippen LogP contribution is 2.16. The van der Waals surface area contributed by atoms with Crippen molar-refractivity contribution in [3.63, 3.8) is 0 Å². The average molecular weight is 395 g/mol. The Morgan fingerprint density at radius 3 is 2.34 bits per heavy atom. The van der Waals surface area contributed by atoms with Crippen molar-refractivity contribution < 1.29 is 19.1 Å². The molecule has 0 bridgehead atoms. The Kier molecular flexibility index (Phi) is 6.49. The molecule has 3 amide bonds. The summed E-state index contributed by atoms with van der Waals surface area (Å²) in [5, 5.41) is 2.74. The van der Waals surface area contributed by atoms with Crippen molar-refractivity contribution in [3.05, 3.63) is 59.7 Å². The zero-order chi connectivity index (χ0) is 20.8. The van der Waals surface area contributed by atoms with E-state index in [0.717, 1.165) is 16.9 Å². The summed E-state index contributed by atoms with van der Waals surface area (Å²) in [6.45, 7) is 5.40. The molecule has 0 spiro atoms. The minimum atomic E-state index is -0.647. The fraction of sp³-hybridized carbons (Fsp3) is 0.318. The normalized spacial score (nSPS) is 14.1. The third-order valence-electron chi connectivity index (χ3n) is 4.80. The second-order valence-corrected chi connectivity index (χ2v) is 6.89. The van der Waals surface area contributed by atoms with Crippen LogP contribution in [-0.4, -0.2) is 53.8 Å². The number of carbonyl (C=O) groups excluding carboxylic acids is 3. The van der Waals surface area contributed by atoms with E-state index in [9.17, 15) is 14.4 Å². The third kappa shape index (κ3) is 5.13. The van der Waals surface area contributed by atoms with E-state index in [2.05, 4.69) is 5.32 Å². The Morgan fingerprint density at radius 1 is 1.00 bits per heavy atom. The molecule has 7 heteroatoms. The molecule has 7 nitrogen and oxygen atoms in total. The lowest BCUT2D eigenvalue weighted by Gasteiger charge is -2.33. The van der Waals surface area contributed by atoms with Crippen LogP contribution >= 0.6 is 0 Å². The molecular formula is C22H25N3O4. The summed E-state index contributed by atoms with van der Waals surface area (Å²) in [6, 6.07) is 14.8. The highest BCUT2D eigenvalue weighted by atomic mass is 16.5. The van der Waals surface area contributed by atoms with E-state index in [4.69, 9.17) is 4.74 Å². The van der Waals surface area contributed by atoms with Gasteiger partial charge in [0.1, 0.15) is 12.3 Å². The second kappa shape index (κ2) is 9.23. The van der Waals surface area contributed by atoms with Crippen molar-refractivity contribution in [2.24, 2.45) is 0 Å². The van der Waals surface area contributed by atoms with Crippen molar-refractivity contribution in [1.82, 2.24) is 9.80 Å². The van der Waals surface area contributed by atoms with Gasteiger partial charge in [-0.1, -0.05) is 24.3 Å². The first-order valence-corrected chi connectivity index (χ1v) is 9.63. The molecule has 0 radical (unpaired) electrons. The lowest BCUT2D eigenvalue weighted by Crippen LogP contribution is -2.55. The molecule has 3 rings (SSSR count). The van der Waals surface area contributed by atoms with Gasteiger partial charge in [0.2, 0.25) is 5.91 Å². The molecule has 0 saturated carbocycles.